The molecule has 1 aromatic heterocycles. The summed E-state index contributed by atoms with van der Waals surface area (Å²) < 4.78 is 2.38. The molecule has 0 bridgehead atoms. The maximum atomic E-state index is 3.60. The third-order valence-electron chi connectivity index (χ3n) is 3.97. The Morgan fingerprint density at radius 3 is 2.56 bits per heavy atom. The van der Waals surface area contributed by atoms with Crippen molar-refractivity contribution in [1.29, 1.82) is 0 Å². The highest BCUT2D eigenvalue weighted by atomic mass is 15.0. The highest BCUT2D eigenvalue weighted by Crippen LogP contribution is 2.44. The van der Waals surface area contributed by atoms with Gasteiger partial charge in [-0.15, -0.1) is 0 Å². The summed E-state index contributed by atoms with van der Waals surface area (Å²) in [7, 11) is 0. The Kier molecular flexibility index (Phi) is 3.11. The van der Waals surface area contributed by atoms with Gasteiger partial charge < -0.3 is 9.88 Å². The fourth-order valence-corrected chi connectivity index (χ4v) is 2.43. The summed E-state index contributed by atoms with van der Waals surface area (Å²) in [5, 5.41) is 3.60. The van der Waals surface area contributed by atoms with Crippen LogP contribution in [0.15, 0.2) is 6.07 Å². The zero-order chi connectivity index (χ0) is 11.8. The van der Waals surface area contributed by atoms with Crippen LogP contribution in [-0.2, 0) is 13.1 Å². The van der Waals surface area contributed by atoms with Gasteiger partial charge in [0.2, 0.25) is 0 Å². The third kappa shape index (κ3) is 2.32. The van der Waals surface area contributed by atoms with Crippen molar-refractivity contribution < 1.29 is 0 Å². The Morgan fingerprint density at radius 2 is 2.06 bits per heavy atom. The summed E-state index contributed by atoms with van der Waals surface area (Å²) in [5.41, 5.74) is 4.88. The van der Waals surface area contributed by atoms with Crippen LogP contribution in [0.25, 0.3) is 0 Å². The lowest BCUT2D eigenvalue weighted by atomic mass is 10.1. The van der Waals surface area contributed by atoms with Gasteiger partial charge in [-0.05, 0) is 50.7 Å². The molecule has 0 unspecified atom stereocenters. The molecule has 1 N–H and O–H groups in total. The number of aryl methyl sites for hydroxylation is 1. The summed E-state index contributed by atoms with van der Waals surface area (Å²) in [6.07, 6.45) is 2.79. The Balaban J connectivity index is 1.93. The Labute approximate surface area is 99.0 Å². The minimum Gasteiger partial charge on any atom is -0.349 e. The number of rotatable bonds is 5. The first kappa shape index (κ1) is 11.7. The van der Waals surface area contributed by atoms with E-state index in [0.29, 0.717) is 5.41 Å². The van der Waals surface area contributed by atoms with E-state index in [9.17, 15) is 0 Å². The average molecular weight is 220 g/mol. The Hall–Kier alpha value is -0.760. The standard InChI is InChI=1S/C14H24N2/c1-5-16-11(2)8-13(12(16)3)9-15-10-14(4)6-7-14/h8,15H,5-7,9-10H2,1-4H3. The topological polar surface area (TPSA) is 17.0 Å². The SMILES string of the molecule is CCn1c(C)cc(CNCC2(C)CC2)c1C. The molecule has 0 saturated heterocycles. The second kappa shape index (κ2) is 4.25. The average Bonchev–Trinajstić information content (AvgIpc) is 2.89. The fraction of sp³-hybridized carbons (Fsp3) is 0.714. The fourth-order valence-electron chi connectivity index (χ4n) is 2.43. The first-order valence-electron chi connectivity index (χ1n) is 6.42. The van der Waals surface area contributed by atoms with Crippen LogP contribution in [0.2, 0.25) is 0 Å². The van der Waals surface area contributed by atoms with Gasteiger partial charge in [-0.1, -0.05) is 6.92 Å². The van der Waals surface area contributed by atoms with Gasteiger partial charge in [0, 0.05) is 31.0 Å². The summed E-state index contributed by atoms with van der Waals surface area (Å²) in [4.78, 5) is 0. The quantitative estimate of drug-likeness (QED) is 0.807. The molecule has 0 aromatic carbocycles. The summed E-state index contributed by atoms with van der Waals surface area (Å²) in [5.74, 6) is 0. The molecule has 0 atom stereocenters. The largest absolute Gasteiger partial charge is 0.349 e. The van der Waals surface area contributed by atoms with E-state index < -0.39 is 0 Å². The number of hydrogen-bond donors (Lipinski definition) is 1. The molecule has 0 spiro atoms. The molecule has 0 aliphatic heterocycles. The van der Waals surface area contributed by atoms with Gasteiger partial charge in [-0.3, -0.25) is 0 Å². The third-order valence-corrected chi connectivity index (χ3v) is 3.97. The van der Waals surface area contributed by atoms with Crippen LogP contribution in [0.5, 0.6) is 0 Å². The van der Waals surface area contributed by atoms with E-state index in [1.807, 2.05) is 0 Å². The van der Waals surface area contributed by atoms with Crippen LogP contribution in [0.4, 0.5) is 0 Å². The van der Waals surface area contributed by atoms with Crippen molar-refractivity contribution in [2.75, 3.05) is 6.54 Å². The molecule has 1 aliphatic rings. The van der Waals surface area contributed by atoms with E-state index in [1.165, 1.54) is 36.3 Å². The van der Waals surface area contributed by atoms with Crippen LogP contribution in [0, 0.1) is 19.3 Å². The van der Waals surface area contributed by atoms with Gasteiger partial charge in [0.1, 0.15) is 0 Å². The molecule has 0 radical (unpaired) electrons. The second-order valence-electron chi connectivity index (χ2n) is 5.55. The maximum absolute atomic E-state index is 3.60. The van der Waals surface area contributed by atoms with E-state index in [1.54, 1.807) is 0 Å². The van der Waals surface area contributed by atoms with E-state index in [-0.39, 0.29) is 0 Å². The maximum Gasteiger partial charge on any atom is 0.0223 e. The van der Waals surface area contributed by atoms with Gasteiger partial charge >= 0.3 is 0 Å². The lowest BCUT2D eigenvalue weighted by Crippen LogP contribution is -2.21. The first-order valence-corrected chi connectivity index (χ1v) is 6.42. The van der Waals surface area contributed by atoms with Gasteiger partial charge in [-0.2, -0.15) is 0 Å². The van der Waals surface area contributed by atoms with E-state index >= 15 is 0 Å². The summed E-state index contributed by atoms with van der Waals surface area (Å²) in [6, 6.07) is 2.32. The monoisotopic (exact) mass is 220 g/mol. The summed E-state index contributed by atoms with van der Waals surface area (Å²) >= 11 is 0. The molecular weight excluding hydrogens is 196 g/mol. The molecule has 1 aliphatic carbocycles. The zero-order valence-electron chi connectivity index (χ0n) is 11.1. The second-order valence-corrected chi connectivity index (χ2v) is 5.55. The number of nitrogens with zero attached hydrogens (tertiary/aromatic N) is 1. The number of nitrogens with one attached hydrogen (secondary N) is 1. The predicted molar refractivity (Wildman–Crippen MR) is 68.6 cm³/mol. The van der Waals surface area contributed by atoms with Crippen molar-refractivity contribution in [3.05, 3.63) is 23.0 Å². The van der Waals surface area contributed by atoms with E-state index in [0.717, 1.165) is 13.1 Å². The molecule has 1 saturated carbocycles. The van der Waals surface area contributed by atoms with Crippen LogP contribution < -0.4 is 5.32 Å². The Morgan fingerprint density at radius 1 is 1.38 bits per heavy atom. The van der Waals surface area contributed by atoms with Crippen molar-refractivity contribution >= 4 is 0 Å². The molecule has 1 aromatic rings. The van der Waals surface area contributed by atoms with Crippen molar-refractivity contribution in [1.82, 2.24) is 9.88 Å². The molecule has 1 fully saturated rings. The lowest BCUT2D eigenvalue weighted by Gasteiger charge is -2.10. The van der Waals surface area contributed by atoms with Gasteiger partial charge in [0.05, 0.1) is 0 Å². The molecule has 2 heteroatoms. The molecule has 16 heavy (non-hydrogen) atoms. The van der Waals surface area contributed by atoms with E-state index in [2.05, 4.69) is 43.6 Å². The van der Waals surface area contributed by atoms with Gasteiger partial charge in [-0.25, -0.2) is 0 Å². The van der Waals surface area contributed by atoms with Crippen LogP contribution in [0.1, 0.15) is 43.6 Å². The summed E-state index contributed by atoms with van der Waals surface area (Å²) in [6.45, 7) is 12.3. The van der Waals surface area contributed by atoms with E-state index in [4.69, 9.17) is 0 Å². The minimum atomic E-state index is 0.607. The van der Waals surface area contributed by atoms with Crippen molar-refractivity contribution in [3.8, 4) is 0 Å². The number of aromatic nitrogens is 1. The van der Waals surface area contributed by atoms with Crippen molar-refractivity contribution in [2.24, 2.45) is 5.41 Å². The molecule has 2 rings (SSSR count). The minimum absolute atomic E-state index is 0.607. The molecular formula is C14H24N2. The first-order chi connectivity index (χ1) is 7.56. The number of hydrogen-bond acceptors (Lipinski definition) is 1. The van der Waals surface area contributed by atoms with Crippen molar-refractivity contribution in [2.45, 2.75) is 53.6 Å². The van der Waals surface area contributed by atoms with Crippen molar-refractivity contribution in [3.63, 3.8) is 0 Å². The van der Waals surface area contributed by atoms with Crippen LogP contribution >= 0.6 is 0 Å². The predicted octanol–water partition coefficient (Wildman–Crippen LogP) is 3.01. The Bertz CT molecular complexity index is 372. The smallest absolute Gasteiger partial charge is 0.0223 e. The van der Waals surface area contributed by atoms with Crippen LogP contribution in [0.3, 0.4) is 0 Å². The normalized spacial score (nSPS) is 17.8. The molecule has 1 heterocycles. The lowest BCUT2D eigenvalue weighted by molar-refractivity contribution is 0.498. The zero-order valence-corrected chi connectivity index (χ0v) is 11.1. The molecule has 0 amide bonds. The highest BCUT2D eigenvalue weighted by molar-refractivity contribution is 5.26. The van der Waals surface area contributed by atoms with Gasteiger partial charge in [0.15, 0.2) is 0 Å². The van der Waals surface area contributed by atoms with Crippen LogP contribution in [-0.4, -0.2) is 11.1 Å². The molecule has 2 nitrogen and oxygen atoms in total. The molecule has 90 valence electrons. The highest BCUT2D eigenvalue weighted by Gasteiger charge is 2.36. The van der Waals surface area contributed by atoms with Gasteiger partial charge in [0.25, 0.3) is 0 Å².